The van der Waals surface area contributed by atoms with Gasteiger partial charge >= 0.3 is 0 Å². The maximum absolute atomic E-state index is 5.73. The smallest absolute Gasteiger partial charge is 0.221 e. The van der Waals surface area contributed by atoms with E-state index in [2.05, 4.69) is 21.8 Å². The normalized spacial score (nSPS) is 10.4. The van der Waals surface area contributed by atoms with Crippen molar-refractivity contribution in [3.63, 3.8) is 0 Å². The Morgan fingerprint density at radius 2 is 2.12 bits per heavy atom. The van der Waals surface area contributed by atoms with Gasteiger partial charge in [0.2, 0.25) is 5.88 Å². The van der Waals surface area contributed by atoms with Crippen LogP contribution >= 0.6 is 11.6 Å². The Hall–Kier alpha value is -1.03. The summed E-state index contributed by atoms with van der Waals surface area (Å²) in [5, 5.41) is 0. The van der Waals surface area contributed by atoms with Gasteiger partial charge in [0.15, 0.2) is 0 Å². The van der Waals surface area contributed by atoms with E-state index in [4.69, 9.17) is 16.3 Å². The largest absolute Gasteiger partial charge is 0.478 e. The molecule has 1 rings (SSSR count). The van der Waals surface area contributed by atoms with Crippen LogP contribution in [0.3, 0.4) is 0 Å². The second kappa shape index (κ2) is 7.33. The molecule has 0 unspecified atom stereocenters. The molecule has 5 heteroatoms. The van der Waals surface area contributed by atoms with Gasteiger partial charge in [-0.1, -0.05) is 0 Å². The first-order chi connectivity index (χ1) is 8.24. The molecule has 0 atom stereocenters. The predicted octanol–water partition coefficient (Wildman–Crippen LogP) is 2.64. The minimum atomic E-state index is 0.616. The lowest BCUT2D eigenvalue weighted by Gasteiger charge is -2.23. The second-order valence-electron chi connectivity index (χ2n) is 3.68. The minimum absolute atomic E-state index is 0.616. The molecule has 0 spiro atoms. The molecule has 0 N–H and O–H groups in total. The molecule has 0 radical (unpaired) electrons. The molecule has 1 aromatic heterocycles. The first kappa shape index (κ1) is 14.0. The monoisotopic (exact) mass is 257 g/mol. The first-order valence-corrected chi connectivity index (χ1v) is 6.53. The maximum Gasteiger partial charge on any atom is 0.221 e. The Kier molecular flexibility index (Phi) is 6.05. The highest BCUT2D eigenvalue weighted by atomic mass is 35.5. The van der Waals surface area contributed by atoms with Crippen molar-refractivity contribution in [1.29, 1.82) is 0 Å². The molecule has 0 aliphatic rings. The van der Waals surface area contributed by atoms with Crippen molar-refractivity contribution in [3.05, 3.63) is 11.9 Å². The van der Waals surface area contributed by atoms with Crippen molar-refractivity contribution < 1.29 is 4.74 Å². The van der Waals surface area contributed by atoms with E-state index in [1.54, 1.807) is 6.33 Å². The van der Waals surface area contributed by atoms with E-state index in [1.807, 2.05) is 13.8 Å². The molecule has 0 saturated carbocycles. The molecule has 0 aromatic carbocycles. The topological polar surface area (TPSA) is 38.3 Å². The lowest BCUT2D eigenvalue weighted by atomic mass is 10.3. The SMILES string of the molecule is CCOc1ncnc(N(CC)CCCCl)c1C. The van der Waals surface area contributed by atoms with Crippen molar-refractivity contribution >= 4 is 17.4 Å². The Balaban J connectivity index is 2.90. The Labute approximate surface area is 108 Å². The van der Waals surface area contributed by atoms with Crippen molar-refractivity contribution in [2.24, 2.45) is 0 Å². The third kappa shape index (κ3) is 3.73. The van der Waals surface area contributed by atoms with E-state index in [9.17, 15) is 0 Å². The van der Waals surface area contributed by atoms with Gasteiger partial charge in [-0.15, -0.1) is 11.6 Å². The fraction of sp³-hybridized carbons (Fsp3) is 0.667. The summed E-state index contributed by atoms with van der Waals surface area (Å²) in [6, 6.07) is 0. The number of halogens is 1. The summed E-state index contributed by atoms with van der Waals surface area (Å²) in [4.78, 5) is 10.7. The van der Waals surface area contributed by atoms with Crippen LogP contribution in [0.4, 0.5) is 5.82 Å². The van der Waals surface area contributed by atoms with Gasteiger partial charge < -0.3 is 9.64 Å². The second-order valence-corrected chi connectivity index (χ2v) is 4.06. The minimum Gasteiger partial charge on any atom is -0.478 e. The maximum atomic E-state index is 5.73. The Bertz CT molecular complexity index is 347. The van der Waals surface area contributed by atoms with Crippen molar-refractivity contribution in [3.8, 4) is 5.88 Å². The molecule has 0 bridgehead atoms. The highest BCUT2D eigenvalue weighted by molar-refractivity contribution is 6.17. The zero-order valence-corrected chi connectivity index (χ0v) is 11.5. The zero-order valence-electron chi connectivity index (χ0n) is 10.7. The molecule has 0 amide bonds. The number of aromatic nitrogens is 2. The van der Waals surface area contributed by atoms with Gasteiger partial charge in [0.05, 0.1) is 12.2 Å². The number of anilines is 1. The van der Waals surface area contributed by atoms with Crippen molar-refractivity contribution in [2.45, 2.75) is 27.2 Å². The number of nitrogens with zero attached hydrogens (tertiary/aromatic N) is 3. The van der Waals surface area contributed by atoms with Gasteiger partial charge in [-0.25, -0.2) is 9.97 Å². The van der Waals surface area contributed by atoms with Crippen LogP contribution in [0.15, 0.2) is 6.33 Å². The van der Waals surface area contributed by atoms with E-state index in [0.717, 1.165) is 30.9 Å². The quantitative estimate of drug-likeness (QED) is 0.704. The van der Waals surface area contributed by atoms with Gasteiger partial charge in [0, 0.05) is 19.0 Å². The molecule has 4 nitrogen and oxygen atoms in total. The van der Waals surface area contributed by atoms with Crippen LogP contribution < -0.4 is 9.64 Å². The summed E-state index contributed by atoms with van der Waals surface area (Å²) < 4.78 is 5.47. The summed E-state index contributed by atoms with van der Waals surface area (Å²) in [5.41, 5.74) is 0.991. The number of rotatable bonds is 7. The van der Waals surface area contributed by atoms with Crippen molar-refractivity contribution in [2.75, 3.05) is 30.5 Å². The van der Waals surface area contributed by atoms with Crippen LogP contribution in [0.25, 0.3) is 0 Å². The predicted molar refractivity (Wildman–Crippen MR) is 71.2 cm³/mol. The highest BCUT2D eigenvalue weighted by Crippen LogP contribution is 2.23. The van der Waals surface area contributed by atoms with Crippen molar-refractivity contribution in [1.82, 2.24) is 9.97 Å². The van der Waals surface area contributed by atoms with Gasteiger partial charge in [0.25, 0.3) is 0 Å². The molecule has 0 aliphatic heterocycles. The molecule has 96 valence electrons. The van der Waals surface area contributed by atoms with Gasteiger partial charge in [-0.05, 0) is 27.2 Å². The highest BCUT2D eigenvalue weighted by Gasteiger charge is 2.13. The fourth-order valence-corrected chi connectivity index (χ4v) is 1.81. The zero-order chi connectivity index (χ0) is 12.7. The van der Waals surface area contributed by atoms with Crippen LogP contribution in [0.1, 0.15) is 25.8 Å². The molecular weight excluding hydrogens is 238 g/mol. The summed E-state index contributed by atoms with van der Waals surface area (Å²) >= 11 is 5.73. The third-order valence-electron chi connectivity index (χ3n) is 2.54. The molecule has 1 aromatic rings. The molecule has 0 saturated heterocycles. The van der Waals surface area contributed by atoms with E-state index in [0.29, 0.717) is 18.4 Å². The van der Waals surface area contributed by atoms with Gasteiger partial charge in [-0.3, -0.25) is 0 Å². The Morgan fingerprint density at radius 1 is 1.35 bits per heavy atom. The molecular formula is C12H20ClN3O. The van der Waals surface area contributed by atoms with Gasteiger partial charge in [-0.2, -0.15) is 0 Å². The molecule has 0 fully saturated rings. The van der Waals surface area contributed by atoms with Crippen LogP contribution in [0.2, 0.25) is 0 Å². The van der Waals surface area contributed by atoms with Crippen LogP contribution in [0, 0.1) is 6.92 Å². The number of alkyl halides is 1. The van der Waals surface area contributed by atoms with Crippen LogP contribution in [-0.2, 0) is 0 Å². The van der Waals surface area contributed by atoms with Crippen LogP contribution in [0.5, 0.6) is 5.88 Å². The Morgan fingerprint density at radius 3 is 2.71 bits per heavy atom. The summed E-state index contributed by atoms with van der Waals surface area (Å²) in [6.07, 6.45) is 2.50. The van der Waals surface area contributed by atoms with Gasteiger partial charge in [0.1, 0.15) is 12.1 Å². The summed E-state index contributed by atoms with van der Waals surface area (Å²) in [6.45, 7) is 8.47. The average Bonchev–Trinajstić information content (AvgIpc) is 2.34. The molecule has 0 aliphatic carbocycles. The summed E-state index contributed by atoms with van der Waals surface area (Å²) in [7, 11) is 0. The number of hydrogen-bond donors (Lipinski definition) is 0. The van der Waals surface area contributed by atoms with Crippen LogP contribution in [-0.4, -0.2) is 35.5 Å². The first-order valence-electron chi connectivity index (χ1n) is 5.99. The standard InChI is InChI=1S/C12H20ClN3O/c1-4-16(8-6-7-13)11-10(3)12(17-5-2)15-9-14-11/h9H,4-8H2,1-3H3. The number of hydrogen-bond acceptors (Lipinski definition) is 4. The van der Waals surface area contributed by atoms with E-state index < -0.39 is 0 Å². The number of ether oxygens (including phenoxy) is 1. The third-order valence-corrected chi connectivity index (χ3v) is 2.80. The molecule has 17 heavy (non-hydrogen) atoms. The average molecular weight is 258 g/mol. The van der Waals surface area contributed by atoms with E-state index >= 15 is 0 Å². The lowest BCUT2D eigenvalue weighted by Crippen LogP contribution is -2.26. The fourth-order valence-electron chi connectivity index (χ4n) is 1.69. The lowest BCUT2D eigenvalue weighted by molar-refractivity contribution is 0.323. The van der Waals surface area contributed by atoms with E-state index in [-0.39, 0.29) is 0 Å². The van der Waals surface area contributed by atoms with E-state index in [1.165, 1.54) is 0 Å². The summed E-state index contributed by atoms with van der Waals surface area (Å²) in [5.74, 6) is 2.27. The molecule has 1 heterocycles.